The zero-order valence-corrected chi connectivity index (χ0v) is 9.89. The maximum Gasteiger partial charge on any atom is 0.133 e. The fraction of sp³-hybridized carbons (Fsp3) is 0.455. The fourth-order valence-corrected chi connectivity index (χ4v) is 1.34. The lowest BCUT2D eigenvalue weighted by atomic mass is 10.2. The molecule has 0 unspecified atom stereocenters. The van der Waals surface area contributed by atoms with E-state index in [9.17, 15) is 0 Å². The average Bonchev–Trinajstić information content (AvgIpc) is 2.06. The molecule has 0 saturated carbocycles. The van der Waals surface area contributed by atoms with Crippen LogP contribution in [-0.4, -0.2) is 6.61 Å². The van der Waals surface area contributed by atoms with Crippen LogP contribution in [-0.2, 0) is 0 Å². The number of rotatable bonds is 3. The lowest BCUT2D eigenvalue weighted by Gasteiger charge is -2.10. The first-order valence-corrected chi connectivity index (χ1v) is 5.28. The second-order valence-corrected chi connectivity index (χ2v) is 4.49. The van der Waals surface area contributed by atoms with Gasteiger partial charge in [-0.25, -0.2) is 0 Å². The maximum absolute atomic E-state index is 5.63. The minimum absolute atomic E-state index is 0.562. The van der Waals surface area contributed by atoms with Gasteiger partial charge < -0.3 is 4.74 Å². The molecule has 0 N–H and O–H groups in total. The van der Waals surface area contributed by atoms with Crippen LogP contribution in [0, 0.1) is 12.8 Å². The Balaban J connectivity index is 2.70. The van der Waals surface area contributed by atoms with Crippen LogP contribution in [0.4, 0.5) is 0 Å². The highest BCUT2D eigenvalue weighted by molar-refractivity contribution is 9.10. The molecule has 1 nitrogen and oxygen atoms in total. The van der Waals surface area contributed by atoms with Gasteiger partial charge >= 0.3 is 0 Å². The van der Waals surface area contributed by atoms with E-state index in [0.29, 0.717) is 5.92 Å². The van der Waals surface area contributed by atoms with Gasteiger partial charge in [-0.3, -0.25) is 0 Å². The Labute approximate surface area is 88.2 Å². The number of benzene rings is 1. The molecule has 72 valence electrons. The first kappa shape index (κ1) is 10.6. The number of halogens is 1. The number of ether oxygens (including phenoxy) is 1. The van der Waals surface area contributed by atoms with Crippen molar-refractivity contribution in [2.24, 2.45) is 5.92 Å². The minimum Gasteiger partial charge on any atom is -0.492 e. The van der Waals surface area contributed by atoms with Crippen molar-refractivity contribution in [2.75, 3.05) is 6.61 Å². The molecule has 1 rings (SSSR count). The predicted octanol–water partition coefficient (Wildman–Crippen LogP) is 3.79. The number of hydrogen-bond donors (Lipinski definition) is 0. The van der Waals surface area contributed by atoms with E-state index in [2.05, 4.69) is 42.8 Å². The van der Waals surface area contributed by atoms with E-state index in [-0.39, 0.29) is 0 Å². The number of aryl methyl sites for hydroxylation is 1. The molecular weight excluding hydrogens is 228 g/mol. The largest absolute Gasteiger partial charge is 0.492 e. The van der Waals surface area contributed by atoms with Gasteiger partial charge in [-0.2, -0.15) is 0 Å². The highest BCUT2D eigenvalue weighted by Gasteiger charge is 2.01. The number of hydrogen-bond acceptors (Lipinski definition) is 1. The molecule has 0 aliphatic rings. The average molecular weight is 243 g/mol. The molecule has 13 heavy (non-hydrogen) atoms. The van der Waals surface area contributed by atoms with Gasteiger partial charge in [0.2, 0.25) is 0 Å². The van der Waals surface area contributed by atoms with Crippen LogP contribution in [0.2, 0.25) is 0 Å². The molecule has 2 heteroatoms. The summed E-state index contributed by atoms with van der Waals surface area (Å²) in [4.78, 5) is 0. The van der Waals surface area contributed by atoms with Crippen molar-refractivity contribution in [2.45, 2.75) is 20.8 Å². The Morgan fingerprint density at radius 3 is 2.69 bits per heavy atom. The molecule has 0 heterocycles. The summed E-state index contributed by atoms with van der Waals surface area (Å²) in [6, 6.07) is 6.13. The van der Waals surface area contributed by atoms with Gasteiger partial charge in [0.1, 0.15) is 5.75 Å². The molecule has 0 spiro atoms. The molecule has 0 aliphatic heterocycles. The van der Waals surface area contributed by atoms with Crippen molar-refractivity contribution in [3.63, 3.8) is 0 Å². The summed E-state index contributed by atoms with van der Waals surface area (Å²) in [5.41, 5.74) is 1.22. The second kappa shape index (κ2) is 4.66. The molecule has 0 aliphatic carbocycles. The third-order valence-electron chi connectivity index (χ3n) is 1.66. The summed E-state index contributed by atoms with van der Waals surface area (Å²) in [6.07, 6.45) is 0. The lowest BCUT2D eigenvalue weighted by molar-refractivity contribution is 0.269. The van der Waals surface area contributed by atoms with Crippen molar-refractivity contribution < 1.29 is 4.74 Å². The molecule has 0 saturated heterocycles. The van der Waals surface area contributed by atoms with Gasteiger partial charge in [-0.1, -0.05) is 19.9 Å². The summed E-state index contributed by atoms with van der Waals surface area (Å²) in [5.74, 6) is 1.50. The molecule has 0 amide bonds. The van der Waals surface area contributed by atoms with Crippen LogP contribution in [0.1, 0.15) is 19.4 Å². The van der Waals surface area contributed by atoms with E-state index in [1.54, 1.807) is 0 Å². The maximum atomic E-state index is 5.63. The summed E-state index contributed by atoms with van der Waals surface area (Å²) in [7, 11) is 0. The van der Waals surface area contributed by atoms with Crippen LogP contribution in [0.3, 0.4) is 0 Å². The highest BCUT2D eigenvalue weighted by Crippen LogP contribution is 2.26. The van der Waals surface area contributed by atoms with E-state index < -0.39 is 0 Å². The van der Waals surface area contributed by atoms with Crippen LogP contribution in [0.5, 0.6) is 5.75 Å². The van der Waals surface area contributed by atoms with Crippen molar-refractivity contribution >= 4 is 15.9 Å². The van der Waals surface area contributed by atoms with E-state index in [1.807, 2.05) is 12.1 Å². The SMILES string of the molecule is Cc1ccc(Br)c(OCC(C)C)c1. The van der Waals surface area contributed by atoms with Gasteiger partial charge in [-0.15, -0.1) is 0 Å². The van der Waals surface area contributed by atoms with Crippen molar-refractivity contribution in [1.82, 2.24) is 0 Å². The van der Waals surface area contributed by atoms with Crippen molar-refractivity contribution in [1.29, 1.82) is 0 Å². The molecular formula is C11H15BrO. The standard InChI is InChI=1S/C11H15BrO/c1-8(2)7-13-11-6-9(3)4-5-10(11)12/h4-6,8H,7H2,1-3H3. The van der Waals surface area contributed by atoms with Gasteiger partial charge in [0.05, 0.1) is 11.1 Å². The van der Waals surface area contributed by atoms with Gasteiger partial charge in [-0.05, 0) is 46.5 Å². The Hall–Kier alpha value is -0.500. The smallest absolute Gasteiger partial charge is 0.133 e. The normalized spacial score (nSPS) is 10.5. The Bertz CT molecular complexity index is 281. The zero-order valence-electron chi connectivity index (χ0n) is 8.30. The first-order chi connectivity index (χ1) is 6.09. The fourth-order valence-electron chi connectivity index (χ4n) is 0.978. The Morgan fingerprint density at radius 2 is 2.08 bits per heavy atom. The Kier molecular flexibility index (Phi) is 3.79. The van der Waals surface area contributed by atoms with Gasteiger partial charge in [0, 0.05) is 0 Å². The molecule has 0 radical (unpaired) electrons. The van der Waals surface area contributed by atoms with Gasteiger partial charge in [0.25, 0.3) is 0 Å². The van der Waals surface area contributed by atoms with E-state index in [0.717, 1.165) is 16.8 Å². The van der Waals surface area contributed by atoms with Crippen LogP contribution >= 0.6 is 15.9 Å². The minimum atomic E-state index is 0.562. The monoisotopic (exact) mass is 242 g/mol. The van der Waals surface area contributed by atoms with Gasteiger partial charge in [0.15, 0.2) is 0 Å². The Morgan fingerprint density at radius 1 is 1.38 bits per heavy atom. The first-order valence-electron chi connectivity index (χ1n) is 4.48. The van der Waals surface area contributed by atoms with E-state index in [4.69, 9.17) is 4.74 Å². The van der Waals surface area contributed by atoms with E-state index in [1.165, 1.54) is 5.56 Å². The van der Waals surface area contributed by atoms with Crippen LogP contribution in [0.15, 0.2) is 22.7 Å². The summed E-state index contributed by atoms with van der Waals surface area (Å²) in [6.45, 7) is 7.12. The van der Waals surface area contributed by atoms with Crippen LogP contribution in [0.25, 0.3) is 0 Å². The van der Waals surface area contributed by atoms with Crippen molar-refractivity contribution in [3.8, 4) is 5.75 Å². The lowest BCUT2D eigenvalue weighted by Crippen LogP contribution is -2.04. The third kappa shape index (κ3) is 3.39. The summed E-state index contributed by atoms with van der Waals surface area (Å²) >= 11 is 3.46. The molecule has 0 bridgehead atoms. The summed E-state index contributed by atoms with van der Waals surface area (Å²) < 4.78 is 6.66. The summed E-state index contributed by atoms with van der Waals surface area (Å²) in [5, 5.41) is 0. The molecule has 1 aromatic rings. The van der Waals surface area contributed by atoms with E-state index >= 15 is 0 Å². The van der Waals surface area contributed by atoms with Crippen molar-refractivity contribution in [3.05, 3.63) is 28.2 Å². The highest BCUT2D eigenvalue weighted by atomic mass is 79.9. The predicted molar refractivity (Wildman–Crippen MR) is 59.2 cm³/mol. The molecule has 0 aromatic heterocycles. The quantitative estimate of drug-likeness (QED) is 0.784. The molecule has 1 aromatic carbocycles. The second-order valence-electron chi connectivity index (χ2n) is 3.64. The molecule has 0 fully saturated rings. The topological polar surface area (TPSA) is 9.23 Å². The molecule has 0 atom stereocenters. The van der Waals surface area contributed by atoms with Crippen LogP contribution < -0.4 is 4.74 Å². The third-order valence-corrected chi connectivity index (χ3v) is 2.31. The zero-order chi connectivity index (χ0) is 9.84.